The van der Waals surface area contributed by atoms with E-state index in [0.717, 1.165) is 36.3 Å². The first kappa shape index (κ1) is 23.4. The van der Waals surface area contributed by atoms with Crippen molar-refractivity contribution in [2.24, 2.45) is 0 Å². The van der Waals surface area contributed by atoms with E-state index in [4.69, 9.17) is 4.52 Å². The molecule has 0 N–H and O–H groups in total. The number of carbonyl (C=O) groups excluding carboxylic acids is 1. The number of hydrogen-bond acceptors (Lipinski definition) is 7. The molecule has 1 aliphatic rings. The highest BCUT2D eigenvalue weighted by molar-refractivity contribution is 5.94. The zero-order valence-corrected chi connectivity index (χ0v) is 20.0. The fraction of sp³-hybridized carbons (Fsp3) is 0.250. The Hall–Kier alpha value is -4.35. The summed E-state index contributed by atoms with van der Waals surface area (Å²) in [6, 6.07) is 21.5. The first-order chi connectivity index (χ1) is 17.6. The third kappa shape index (κ3) is 5.16. The Balaban J connectivity index is 1.16. The minimum atomic E-state index is -0.232. The molecule has 3 heterocycles. The number of rotatable bonds is 6. The first-order valence-electron chi connectivity index (χ1n) is 12.0. The minimum Gasteiger partial charge on any atom is -0.336 e. The second kappa shape index (κ2) is 10.5. The Kier molecular flexibility index (Phi) is 6.83. The zero-order valence-electron chi connectivity index (χ0n) is 20.0. The molecule has 0 spiro atoms. The lowest BCUT2D eigenvalue weighted by Gasteiger charge is -2.35. The molecule has 0 aliphatic carbocycles. The number of benzene rings is 2. The van der Waals surface area contributed by atoms with Crippen LogP contribution in [0.3, 0.4) is 0 Å². The van der Waals surface area contributed by atoms with Crippen molar-refractivity contribution >= 4 is 5.91 Å². The monoisotopic (exact) mass is 478 g/mol. The third-order valence-corrected chi connectivity index (χ3v) is 6.44. The van der Waals surface area contributed by atoms with Gasteiger partial charge in [0.25, 0.3) is 11.8 Å². The smallest absolute Gasteiger partial charge is 0.259 e. The van der Waals surface area contributed by atoms with Crippen LogP contribution in [-0.4, -0.2) is 57.0 Å². The van der Waals surface area contributed by atoms with Gasteiger partial charge in [-0.2, -0.15) is 10.2 Å². The van der Waals surface area contributed by atoms with Gasteiger partial charge >= 0.3 is 0 Å². The fourth-order valence-electron chi connectivity index (χ4n) is 4.27. The van der Waals surface area contributed by atoms with Crippen LogP contribution in [0.4, 0.5) is 0 Å². The van der Waals surface area contributed by atoms with Crippen LogP contribution < -0.4 is 0 Å². The number of aromatic nitrogens is 3. The Morgan fingerprint density at radius 2 is 1.86 bits per heavy atom. The molecule has 4 aromatic rings. The lowest BCUT2D eigenvalue weighted by Crippen LogP contribution is -2.48. The molecule has 36 heavy (non-hydrogen) atoms. The number of hydrogen-bond donors (Lipinski definition) is 0. The Morgan fingerprint density at radius 1 is 1.06 bits per heavy atom. The molecular formula is C28H26N6O2. The molecule has 0 saturated carbocycles. The maximum atomic E-state index is 13.0. The summed E-state index contributed by atoms with van der Waals surface area (Å²) in [5.41, 5.74) is 4.38. The molecule has 2 aromatic heterocycles. The molecule has 1 amide bonds. The predicted octanol–water partition coefficient (Wildman–Crippen LogP) is 4.38. The summed E-state index contributed by atoms with van der Waals surface area (Å²) in [4.78, 5) is 25.8. The molecule has 180 valence electrons. The van der Waals surface area contributed by atoms with Crippen molar-refractivity contribution in [3.05, 3.63) is 89.7 Å². The van der Waals surface area contributed by atoms with Crippen LogP contribution in [0.25, 0.3) is 22.8 Å². The van der Waals surface area contributed by atoms with E-state index in [1.807, 2.05) is 60.4 Å². The highest BCUT2D eigenvalue weighted by Gasteiger charge is 2.23. The Bertz CT molecular complexity index is 1370. The van der Waals surface area contributed by atoms with E-state index in [-0.39, 0.29) is 11.8 Å². The number of piperazine rings is 1. The summed E-state index contributed by atoms with van der Waals surface area (Å²) in [6.45, 7) is 5.62. The van der Waals surface area contributed by atoms with Crippen molar-refractivity contribution in [3.8, 4) is 28.9 Å². The number of pyridine rings is 1. The maximum Gasteiger partial charge on any atom is 0.259 e. The van der Waals surface area contributed by atoms with Gasteiger partial charge in [-0.25, -0.2) is 0 Å². The molecular weight excluding hydrogens is 452 g/mol. The fourth-order valence-corrected chi connectivity index (χ4v) is 4.27. The van der Waals surface area contributed by atoms with E-state index in [9.17, 15) is 10.1 Å². The lowest BCUT2D eigenvalue weighted by molar-refractivity contribution is 0.0628. The third-order valence-electron chi connectivity index (χ3n) is 6.44. The van der Waals surface area contributed by atoms with Gasteiger partial charge in [0, 0.05) is 56.2 Å². The lowest BCUT2D eigenvalue weighted by atomic mass is 10.00. The van der Waals surface area contributed by atoms with E-state index in [1.165, 1.54) is 5.56 Å². The van der Waals surface area contributed by atoms with Crippen LogP contribution in [0.1, 0.15) is 34.3 Å². The van der Waals surface area contributed by atoms with Gasteiger partial charge in [-0.3, -0.25) is 14.7 Å². The Labute approximate surface area is 209 Å². The molecule has 2 aromatic carbocycles. The van der Waals surface area contributed by atoms with Gasteiger partial charge < -0.3 is 9.42 Å². The molecule has 0 radical (unpaired) electrons. The van der Waals surface area contributed by atoms with Crippen LogP contribution in [0.5, 0.6) is 0 Å². The van der Waals surface area contributed by atoms with Crippen molar-refractivity contribution in [2.45, 2.75) is 19.4 Å². The van der Waals surface area contributed by atoms with E-state index in [0.29, 0.717) is 30.4 Å². The number of amides is 1. The standard InChI is InChI=1S/C28H26N6O2/c1-20(17-29)23-4-2-5-24(16-23)28(35)34-14-12-33(13-15-34)19-21-7-9-22(10-8-21)26-31-27(36-32-26)25-6-3-11-30-18-25/h2-11,16,18,20H,12-15,19H2,1H3. The minimum absolute atomic E-state index is 0.0248. The largest absolute Gasteiger partial charge is 0.336 e. The summed E-state index contributed by atoms with van der Waals surface area (Å²) in [5.74, 6) is 0.780. The quantitative estimate of drug-likeness (QED) is 0.405. The van der Waals surface area contributed by atoms with Crippen LogP contribution >= 0.6 is 0 Å². The molecule has 1 aliphatic heterocycles. The number of nitrogens with zero attached hydrogens (tertiary/aromatic N) is 6. The van der Waals surface area contributed by atoms with Gasteiger partial charge in [-0.15, -0.1) is 0 Å². The highest BCUT2D eigenvalue weighted by atomic mass is 16.5. The summed E-state index contributed by atoms with van der Waals surface area (Å²) in [7, 11) is 0. The van der Waals surface area contributed by atoms with E-state index < -0.39 is 0 Å². The molecule has 5 rings (SSSR count). The molecule has 1 fully saturated rings. The second-order valence-corrected chi connectivity index (χ2v) is 8.91. The average molecular weight is 479 g/mol. The normalized spacial score (nSPS) is 14.8. The predicted molar refractivity (Wildman–Crippen MR) is 135 cm³/mol. The molecule has 0 bridgehead atoms. The number of carbonyl (C=O) groups is 1. The molecule has 1 atom stereocenters. The average Bonchev–Trinajstić information content (AvgIpc) is 3.44. The van der Waals surface area contributed by atoms with E-state index in [2.05, 4.69) is 38.2 Å². The zero-order chi connectivity index (χ0) is 24.9. The topological polar surface area (TPSA) is 99.2 Å². The van der Waals surface area contributed by atoms with Gasteiger partial charge in [-0.1, -0.05) is 41.6 Å². The van der Waals surface area contributed by atoms with Crippen molar-refractivity contribution in [2.75, 3.05) is 26.2 Å². The van der Waals surface area contributed by atoms with Crippen molar-refractivity contribution in [1.82, 2.24) is 24.9 Å². The van der Waals surface area contributed by atoms with Gasteiger partial charge in [0.1, 0.15) is 0 Å². The highest BCUT2D eigenvalue weighted by Crippen LogP contribution is 2.23. The molecule has 8 nitrogen and oxygen atoms in total. The molecule has 1 saturated heterocycles. The van der Waals surface area contributed by atoms with Crippen LogP contribution in [0.15, 0.2) is 77.6 Å². The van der Waals surface area contributed by atoms with Crippen molar-refractivity contribution < 1.29 is 9.32 Å². The van der Waals surface area contributed by atoms with Crippen molar-refractivity contribution in [1.29, 1.82) is 5.26 Å². The summed E-state index contributed by atoms with van der Waals surface area (Å²) in [5, 5.41) is 13.3. The molecule has 1 unspecified atom stereocenters. The number of nitriles is 1. The van der Waals surface area contributed by atoms with E-state index in [1.54, 1.807) is 12.4 Å². The summed E-state index contributed by atoms with van der Waals surface area (Å²) in [6.07, 6.45) is 3.40. The summed E-state index contributed by atoms with van der Waals surface area (Å²) >= 11 is 0. The van der Waals surface area contributed by atoms with Crippen LogP contribution in [0.2, 0.25) is 0 Å². The summed E-state index contributed by atoms with van der Waals surface area (Å²) < 4.78 is 5.39. The van der Waals surface area contributed by atoms with Gasteiger partial charge in [0.2, 0.25) is 5.82 Å². The van der Waals surface area contributed by atoms with E-state index >= 15 is 0 Å². The van der Waals surface area contributed by atoms with Crippen LogP contribution in [-0.2, 0) is 6.54 Å². The SMILES string of the molecule is CC(C#N)c1cccc(C(=O)N2CCN(Cc3ccc(-c4noc(-c5cccnc5)n4)cc3)CC2)c1. The second-order valence-electron chi connectivity index (χ2n) is 8.91. The molecule has 8 heteroatoms. The van der Waals surface area contributed by atoms with Gasteiger partial charge in [0.15, 0.2) is 0 Å². The van der Waals surface area contributed by atoms with Crippen LogP contribution in [0, 0.1) is 11.3 Å². The van der Waals surface area contributed by atoms with Crippen molar-refractivity contribution in [3.63, 3.8) is 0 Å². The Morgan fingerprint density at radius 3 is 2.58 bits per heavy atom. The maximum absolute atomic E-state index is 13.0. The first-order valence-corrected chi connectivity index (χ1v) is 12.0. The van der Waals surface area contributed by atoms with Gasteiger partial charge in [0.05, 0.1) is 17.6 Å². The van der Waals surface area contributed by atoms with Gasteiger partial charge in [-0.05, 0) is 42.3 Å².